The number of anilines is 1. The summed E-state index contributed by atoms with van der Waals surface area (Å²) in [6, 6.07) is -0.431. The Balaban J connectivity index is 2.83. The van der Waals surface area contributed by atoms with Gasteiger partial charge >= 0.3 is 12.0 Å². The van der Waals surface area contributed by atoms with Gasteiger partial charge in [0, 0.05) is 19.8 Å². The molecule has 7 nitrogen and oxygen atoms in total. The normalized spacial score (nSPS) is 10.6. The fourth-order valence-corrected chi connectivity index (χ4v) is 1.71. The topological polar surface area (TPSA) is 87.5 Å². The van der Waals surface area contributed by atoms with Gasteiger partial charge in [-0.3, -0.25) is 9.48 Å². The molecule has 0 radical (unpaired) electrons. The van der Waals surface area contributed by atoms with Crippen molar-refractivity contribution in [2.75, 3.05) is 18.4 Å². The summed E-state index contributed by atoms with van der Waals surface area (Å²) in [4.78, 5) is 23.9. The molecule has 0 unspecified atom stereocenters. The third-order valence-electron chi connectivity index (χ3n) is 2.64. The Morgan fingerprint density at radius 1 is 1.53 bits per heavy atom. The molecule has 0 aliphatic carbocycles. The van der Waals surface area contributed by atoms with E-state index in [4.69, 9.17) is 5.11 Å². The molecule has 106 valence electrons. The first-order chi connectivity index (χ1) is 8.85. The highest BCUT2D eigenvalue weighted by Crippen LogP contribution is 2.22. The third kappa shape index (κ3) is 3.97. The number of aliphatic carboxylic acids is 1. The molecule has 0 spiro atoms. The smallest absolute Gasteiger partial charge is 0.323 e. The molecule has 0 atom stereocenters. The quantitative estimate of drug-likeness (QED) is 0.846. The van der Waals surface area contributed by atoms with E-state index in [0.717, 1.165) is 5.69 Å². The Bertz CT molecular complexity index is 468. The molecule has 2 N–H and O–H groups in total. The number of aryl methyl sites for hydroxylation is 1. The van der Waals surface area contributed by atoms with Crippen LogP contribution in [-0.2, 0) is 11.8 Å². The molecule has 0 bridgehead atoms. The van der Waals surface area contributed by atoms with Gasteiger partial charge in [0.2, 0.25) is 0 Å². The minimum atomic E-state index is -1.03. The SMILES string of the molecule is CCN(CC(=O)O)C(=O)Nc1cn(C)nc1C(C)C. The van der Waals surface area contributed by atoms with E-state index in [1.807, 2.05) is 13.8 Å². The van der Waals surface area contributed by atoms with E-state index in [1.54, 1.807) is 24.9 Å². The van der Waals surface area contributed by atoms with Gasteiger partial charge in [-0.2, -0.15) is 5.10 Å². The molecule has 0 aliphatic rings. The molecule has 1 aromatic rings. The number of amides is 2. The van der Waals surface area contributed by atoms with E-state index in [0.29, 0.717) is 12.2 Å². The lowest BCUT2D eigenvalue weighted by atomic mass is 10.1. The van der Waals surface area contributed by atoms with Crippen molar-refractivity contribution in [3.63, 3.8) is 0 Å². The van der Waals surface area contributed by atoms with Crippen molar-refractivity contribution >= 4 is 17.7 Å². The fourth-order valence-electron chi connectivity index (χ4n) is 1.71. The number of carbonyl (C=O) groups is 2. The molecule has 0 saturated carbocycles. The first kappa shape index (κ1) is 15.0. The van der Waals surface area contributed by atoms with Crippen molar-refractivity contribution in [1.82, 2.24) is 14.7 Å². The number of carboxylic acids is 1. The maximum absolute atomic E-state index is 12.0. The monoisotopic (exact) mass is 268 g/mol. The van der Waals surface area contributed by atoms with Crippen LogP contribution in [0.4, 0.5) is 10.5 Å². The number of urea groups is 1. The largest absolute Gasteiger partial charge is 0.480 e. The average molecular weight is 268 g/mol. The van der Waals surface area contributed by atoms with Crippen LogP contribution in [0, 0.1) is 0 Å². The van der Waals surface area contributed by atoms with Gasteiger partial charge < -0.3 is 15.3 Å². The van der Waals surface area contributed by atoms with Crippen molar-refractivity contribution in [3.8, 4) is 0 Å². The van der Waals surface area contributed by atoms with Crippen LogP contribution >= 0.6 is 0 Å². The second-order valence-electron chi connectivity index (χ2n) is 4.59. The van der Waals surface area contributed by atoms with E-state index in [1.165, 1.54) is 4.90 Å². The maximum Gasteiger partial charge on any atom is 0.323 e. The molecule has 0 saturated heterocycles. The average Bonchev–Trinajstić information content (AvgIpc) is 2.66. The number of hydrogen-bond acceptors (Lipinski definition) is 3. The lowest BCUT2D eigenvalue weighted by Gasteiger charge is -2.19. The van der Waals surface area contributed by atoms with Crippen LogP contribution in [0.5, 0.6) is 0 Å². The van der Waals surface area contributed by atoms with Crippen LogP contribution in [0.25, 0.3) is 0 Å². The number of carbonyl (C=O) groups excluding carboxylic acids is 1. The minimum Gasteiger partial charge on any atom is -0.480 e. The molecule has 1 rings (SSSR count). The lowest BCUT2D eigenvalue weighted by Crippen LogP contribution is -2.38. The Labute approximate surface area is 112 Å². The summed E-state index contributed by atoms with van der Waals surface area (Å²) in [7, 11) is 1.77. The number of hydrogen-bond donors (Lipinski definition) is 2. The molecular formula is C12H20N4O3. The van der Waals surface area contributed by atoms with Crippen LogP contribution in [0.3, 0.4) is 0 Å². The van der Waals surface area contributed by atoms with Crippen molar-refractivity contribution < 1.29 is 14.7 Å². The number of nitrogens with zero attached hydrogens (tertiary/aromatic N) is 3. The number of aromatic nitrogens is 2. The highest BCUT2D eigenvalue weighted by atomic mass is 16.4. The lowest BCUT2D eigenvalue weighted by molar-refractivity contribution is -0.137. The number of carboxylic acid groups (broad SMARTS) is 1. The summed E-state index contributed by atoms with van der Waals surface area (Å²) >= 11 is 0. The van der Waals surface area contributed by atoms with Crippen molar-refractivity contribution in [2.24, 2.45) is 7.05 Å². The summed E-state index contributed by atoms with van der Waals surface area (Å²) in [5, 5.41) is 15.7. The highest BCUT2D eigenvalue weighted by molar-refractivity contribution is 5.91. The molecule has 1 aromatic heterocycles. The van der Waals surface area contributed by atoms with Crippen molar-refractivity contribution in [3.05, 3.63) is 11.9 Å². The molecule has 0 aromatic carbocycles. The predicted octanol–water partition coefficient (Wildman–Crippen LogP) is 1.48. The number of likely N-dealkylation sites (N-methyl/N-ethyl adjacent to an activating group) is 1. The number of rotatable bonds is 5. The van der Waals surface area contributed by atoms with Gasteiger partial charge in [-0.15, -0.1) is 0 Å². The summed E-state index contributed by atoms with van der Waals surface area (Å²) < 4.78 is 1.62. The van der Waals surface area contributed by atoms with Gasteiger partial charge in [-0.25, -0.2) is 4.79 Å². The highest BCUT2D eigenvalue weighted by Gasteiger charge is 2.18. The summed E-state index contributed by atoms with van der Waals surface area (Å²) in [5.41, 5.74) is 1.40. The van der Waals surface area contributed by atoms with Crippen LogP contribution in [0.2, 0.25) is 0 Å². The first-order valence-electron chi connectivity index (χ1n) is 6.16. The summed E-state index contributed by atoms with van der Waals surface area (Å²) in [6.45, 7) is 5.70. The fraction of sp³-hybridized carbons (Fsp3) is 0.583. The Morgan fingerprint density at radius 2 is 2.16 bits per heavy atom. The maximum atomic E-state index is 12.0. The zero-order chi connectivity index (χ0) is 14.6. The van der Waals surface area contributed by atoms with Crippen molar-refractivity contribution in [1.29, 1.82) is 0 Å². The van der Waals surface area contributed by atoms with Gasteiger partial charge in [-0.05, 0) is 12.8 Å². The summed E-state index contributed by atoms with van der Waals surface area (Å²) in [5.74, 6) is -0.863. The zero-order valence-corrected chi connectivity index (χ0v) is 11.7. The van der Waals surface area contributed by atoms with E-state index in [9.17, 15) is 9.59 Å². The van der Waals surface area contributed by atoms with Crippen LogP contribution in [-0.4, -0.2) is 44.9 Å². The van der Waals surface area contributed by atoms with Crippen molar-refractivity contribution in [2.45, 2.75) is 26.7 Å². The second kappa shape index (κ2) is 6.21. The molecular weight excluding hydrogens is 248 g/mol. The Hall–Kier alpha value is -2.05. The van der Waals surface area contributed by atoms with E-state index in [2.05, 4.69) is 10.4 Å². The summed E-state index contributed by atoms with van der Waals surface area (Å²) in [6.07, 6.45) is 1.71. The van der Waals surface area contributed by atoms with Gasteiger partial charge in [0.05, 0.1) is 11.4 Å². The zero-order valence-electron chi connectivity index (χ0n) is 11.7. The van der Waals surface area contributed by atoms with Crippen LogP contribution in [0.15, 0.2) is 6.20 Å². The molecule has 19 heavy (non-hydrogen) atoms. The van der Waals surface area contributed by atoms with Gasteiger partial charge in [0.15, 0.2) is 0 Å². The standard InChI is InChI=1S/C12H20N4O3/c1-5-16(7-10(17)18)12(19)13-9-6-15(4)14-11(9)8(2)3/h6,8H,5,7H2,1-4H3,(H,13,19)(H,17,18). The second-order valence-corrected chi connectivity index (χ2v) is 4.59. The molecule has 0 aliphatic heterocycles. The van der Waals surface area contributed by atoms with E-state index >= 15 is 0 Å². The van der Waals surface area contributed by atoms with Gasteiger partial charge in [-0.1, -0.05) is 13.8 Å². The predicted molar refractivity (Wildman–Crippen MR) is 71.2 cm³/mol. The third-order valence-corrected chi connectivity index (χ3v) is 2.64. The first-order valence-corrected chi connectivity index (χ1v) is 6.16. The van der Waals surface area contributed by atoms with Crippen LogP contribution in [0.1, 0.15) is 32.4 Å². The van der Waals surface area contributed by atoms with Gasteiger partial charge in [0.25, 0.3) is 0 Å². The molecule has 0 fully saturated rings. The molecule has 2 amide bonds. The number of nitrogens with one attached hydrogen (secondary N) is 1. The van der Waals surface area contributed by atoms with Gasteiger partial charge in [0.1, 0.15) is 6.54 Å². The molecule has 1 heterocycles. The van der Waals surface area contributed by atoms with E-state index in [-0.39, 0.29) is 12.5 Å². The Kier molecular flexibility index (Phi) is 4.91. The molecule has 7 heteroatoms. The minimum absolute atomic E-state index is 0.172. The van der Waals surface area contributed by atoms with Crippen LogP contribution < -0.4 is 5.32 Å². The Morgan fingerprint density at radius 3 is 2.63 bits per heavy atom. The van der Waals surface area contributed by atoms with E-state index < -0.39 is 12.0 Å².